The Hall–Kier alpha value is -3.02. The third-order valence-corrected chi connectivity index (χ3v) is 6.44. The molecule has 1 atom stereocenters. The Kier molecular flexibility index (Phi) is 6.65. The van der Waals surface area contributed by atoms with Crippen molar-refractivity contribution in [2.45, 2.75) is 31.2 Å². The minimum Gasteiger partial charge on any atom is -0.289 e. The molecular weight excluding hydrogens is 394 g/mol. The molecule has 154 valence electrons. The van der Waals surface area contributed by atoms with Crippen LogP contribution in [0.1, 0.15) is 40.0 Å². The van der Waals surface area contributed by atoms with Gasteiger partial charge in [0.2, 0.25) is 10.0 Å². The minimum atomic E-state index is -3.86. The van der Waals surface area contributed by atoms with Crippen molar-refractivity contribution in [3.63, 3.8) is 0 Å². The number of hydrogen-bond acceptors (Lipinski definition) is 3. The van der Waals surface area contributed by atoms with Gasteiger partial charge in [0, 0.05) is 11.1 Å². The van der Waals surface area contributed by atoms with Crippen molar-refractivity contribution in [3.8, 4) is 0 Å². The summed E-state index contributed by atoms with van der Waals surface area (Å²) in [5.74, 6) is -0.299. The van der Waals surface area contributed by atoms with Gasteiger partial charge in [-0.2, -0.15) is 4.72 Å². The Morgan fingerprint density at radius 2 is 1.53 bits per heavy atom. The van der Waals surface area contributed by atoms with Crippen LogP contribution in [0.5, 0.6) is 0 Å². The maximum absolute atomic E-state index is 13.1. The fourth-order valence-electron chi connectivity index (χ4n) is 3.13. The van der Waals surface area contributed by atoms with Crippen LogP contribution in [-0.2, 0) is 16.4 Å². The number of aryl methyl sites for hydroxylation is 2. The lowest BCUT2D eigenvalue weighted by Crippen LogP contribution is -2.32. The van der Waals surface area contributed by atoms with E-state index >= 15 is 0 Å². The average Bonchev–Trinajstić information content (AvgIpc) is 2.77. The highest BCUT2D eigenvalue weighted by Gasteiger charge is 2.27. The number of carbonyl (C=O) groups is 1. The zero-order chi connectivity index (χ0) is 21.7. The molecule has 3 aromatic rings. The molecule has 0 bridgehead atoms. The molecular formula is C25H25NO3S. The van der Waals surface area contributed by atoms with Crippen LogP contribution in [0.3, 0.4) is 0 Å². The number of benzene rings is 3. The molecule has 0 saturated heterocycles. The normalized spacial score (nSPS) is 12.3. The van der Waals surface area contributed by atoms with Crippen LogP contribution in [0.2, 0.25) is 0 Å². The van der Waals surface area contributed by atoms with Crippen LogP contribution >= 0.6 is 0 Å². The van der Waals surface area contributed by atoms with Crippen LogP contribution in [0, 0.1) is 6.92 Å². The van der Waals surface area contributed by atoms with E-state index in [-0.39, 0.29) is 16.3 Å². The predicted molar refractivity (Wildman–Crippen MR) is 120 cm³/mol. The summed E-state index contributed by atoms with van der Waals surface area (Å²) in [6.07, 6.45) is 0.865. The van der Waals surface area contributed by atoms with E-state index in [2.05, 4.69) is 11.3 Å². The molecule has 0 amide bonds. The number of Topliss-reactive ketones (excluding diaryl/α,β-unsaturated/α-hetero) is 1. The predicted octanol–water partition coefficient (Wildman–Crippen LogP) is 5.02. The van der Waals surface area contributed by atoms with Crippen LogP contribution in [0.15, 0.2) is 95.9 Å². The van der Waals surface area contributed by atoms with E-state index in [0.29, 0.717) is 11.1 Å². The number of nitrogens with one attached hydrogen (secondary N) is 1. The summed E-state index contributed by atoms with van der Waals surface area (Å²) in [6, 6.07) is 22.0. The van der Waals surface area contributed by atoms with E-state index in [9.17, 15) is 13.2 Å². The molecule has 1 unspecified atom stereocenters. The summed E-state index contributed by atoms with van der Waals surface area (Å²) in [4.78, 5) is 13.2. The molecule has 0 aromatic heterocycles. The Labute approximate surface area is 178 Å². The fourth-order valence-corrected chi connectivity index (χ4v) is 4.35. The fraction of sp³-hybridized carbons (Fsp3) is 0.160. The van der Waals surface area contributed by atoms with E-state index in [1.807, 2.05) is 44.2 Å². The van der Waals surface area contributed by atoms with Gasteiger partial charge in [-0.05, 0) is 36.6 Å². The second-order valence-corrected chi connectivity index (χ2v) is 8.90. The summed E-state index contributed by atoms with van der Waals surface area (Å²) in [7, 11) is -3.86. The van der Waals surface area contributed by atoms with Crippen molar-refractivity contribution in [2.75, 3.05) is 0 Å². The van der Waals surface area contributed by atoms with Crippen LogP contribution in [0.25, 0.3) is 0 Å². The van der Waals surface area contributed by atoms with Gasteiger partial charge in [0.15, 0.2) is 5.78 Å². The highest BCUT2D eigenvalue weighted by atomic mass is 32.2. The molecule has 5 heteroatoms. The Balaban J connectivity index is 1.99. The van der Waals surface area contributed by atoms with Gasteiger partial charge in [-0.3, -0.25) is 4.79 Å². The van der Waals surface area contributed by atoms with Gasteiger partial charge in [0.1, 0.15) is 0 Å². The molecule has 3 aromatic carbocycles. The largest absolute Gasteiger partial charge is 0.289 e. The van der Waals surface area contributed by atoms with E-state index in [1.54, 1.807) is 48.5 Å². The first kappa shape index (κ1) is 21.7. The summed E-state index contributed by atoms with van der Waals surface area (Å²) >= 11 is 0. The third-order valence-electron chi connectivity index (χ3n) is 5.00. The van der Waals surface area contributed by atoms with Gasteiger partial charge in [0.05, 0.1) is 10.9 Å². The quantitative estimate of drug-likeness (QED) is 0.412. The smallest absolute Gasteiger partial charge is 0.241 e. The lowest BCUT2D eigenvalue weighted by Gasteiger charge is -2.21. The molecule has 0 radical (unpaired) electrons. The van der Waals surface area contributed by atoms with Crippen molar-refractivity contribution in [1.82, 2.24) is 4.72 Å². The summed E-state index contributed by atoms with van der Waals surface area (Å²) < 4.78 is 28.8. The Morgan fingerprint density at radius 1 is 0.933 bits per heavy atom. The first-order valence-electron chi connectivity index (χ1n) is 9.78. The van der Waals surface area contributed by atoms with Gasteiger partial charge in [-0.1, -0.05) is 85.8 Å². The average molecular weight is 420 g/mol. The molecule has 1 N–H and O–H groups in total. The monoisotopic (exact) mass is 419 g/mol. The number of hydrogen-bond donors (Lipinski definition) is 1. The number of rotatable bonds is 8. The van der Waals surface area contributed by atoms with E-state index in [0.717, 1.165) is 17.5 Å². The van der Waals surface area contributed by atoms with Crippen molar-refractivity contribution in [1.29, 1.82) is 0 Å². The van der Waals surface area contributed by atoms with Gasteiger partial charge in [-0.15, -0.1) is 0 Å². The first-order chi connectivity index (χ1) is 14.3. The number of ketones is 1. The van der Waals surface area contributed by atoms with Crippen molar-refractivity contribution in [2.24, 2.45) is 0 Å². The molecule has 0 spiro atoms. The van der Waals surface area contributed by atoms with E-state index in [4.69, 9.17) is 0 Å². The summed E-state index contributed by atoms with van der Waals surface area (Å²) in [5, 5.41) is 0. The van der Waals surface area contributed by atoms with E-state index in [1.165, 1.54) is 0 Å². The molecule has 0 aliphatic heterocycles. The van der Waals surface area contributed by atoms with Gasteiger partial charge < -0.3 is 0 Å². The highest BCUT2D eigenvalue weighted by molar-refractivity contribution is 7.89. The molecule has 0 aliphatic rings. The topological polar surface area (TPSA) is 63.2 Å². The standard InChI is InChI=1S/C25H25NO3S/c1-4-20-12-14-21(15-13-20)24(19(3)25(27)22-8-6-5-7-9-22)26-30(28,29)23-16-10-18(2)11-17-23/h5-17,24,26H,3-4H2,1-2H3. The van der Waals surface area contributed by atoms with Crippen LogP contribution in [-0.4, -0.2) is 14.2 Å². The lowest BCUT2D eigenvalue weighted by molar-refractivity contribution is 0.102. The maximum atomic E-state index is 13.1. The molecule has 3 rings (SSSR count). The minimum absolute atomic E-state index is 0.142. The third kappa shape index (κ3) is 4.93. The second kappa shape index (κ2) is 9.20. The molecule has 0 saturated carbocycles. The Morgan fingerprint density at radius 3 is 2.10 bits per heavy atom. The first-order valence-corrected chi connectivity index (χ1v) is 11.3. The van der Waals surface area contributed by atoms with E-state index < -0.39 is 16.1 Å². The maximum Gasteiger partial charge on any atom is 0.241 e. The molecule has 0 aliphatic carbocycles. The second-order valence-electron chi connectivity index (χ2n) is 7.18. The van der Waals surface area contributed by atoms with Gasteiger partial charge in [0.25, 0.3) is 0 Å². The van der Waals surface area contributed by atoms with Crippen LogP contribution in [0.4, 0.5) is 0 Å². The SMILES string of the molecule is C=C(C(=O)c1ccccc1)C(NS(=O)(=O)c1ccc(C)cc1)c1ccc(CC)cc1. The zero-order valence-electron chi connectivity index (χ0n) is 17.1. The number of carbonyl (C=O) groups excluding carboxylic acids is 1. The molecule has 4 nitrogen and oxygen atoms in total. The molecule has 0 fully saturated rings. The molecule has 0 heterocycles. The summed E-state index contributed by atoms with van der Waals surface area (Å²) in [5.41, 5.74) is 3.38. The highest BCUT2D eigenvalue weighted by Crippen LogP contribution is 2.27. The van der Waals surface area contributed by atoms with Crippen molar-refractivity contribution >= 4 is 15.8 Å². The molecule has 30 heavy (non-hydrogen) atoms. The lowest BCUT2D eigenvalue weighted by atomic mass is 9.93. The zero-order valence-corrected chi connectivity index (χ0v) is 17.9. The van der Waals surface area contributed by atoms with Crippen LogP contribution < -0.4 is 4.72 Å². The van der Waals surface area contributed by atoms with Gasteiger partial charge >= 0.3 is 0 Å². The van der Waals surface area contributed by atoms with Gasteiger partial charge in [-0.25, -0.2) is 8.42 Å². The van der Waals surface area contributed by atoms with Crippen molar-refractivity contribution < 1.29 is 13.2 Å². The summed E-state index contributed by atoms with van der Waals surface area (Å²) in [6.45, 7) is 7.90. The van der Waals surface area contributed by atoms with Crippen molar-refractivity contribution in [3.05, 3.63) is 113 Å². The Bertz CT molecular complexity index is 1130. The number of sulfonamides is 1.